The van der Waals surface area contributed by atoms with Crippen LogP contribution in [0.3, 0.4) is 0 Å². The van der Waals surface area contributed by atoms with Crippen molar-refractivity contribution >= 4 is 17.5 Å². The second-order valence-corrected chi connectivity index (χ2v) is 5.20. The molecule has 1 aromatic carbocycles. The lowest BCUT2D eigenvalue weighted by Gasteiger charge is -2.24. The normalized spacial score (nSPS) is 17.0. The smallest absolute Gasteiger partial charge is 0.240 e. The van der Waals surface area contributed by atoms with E-state index in [1.54, 1.807) is 12.1 Å². The van der Waals surface area contributed by atoms with Crippen LogP contribution in [0.15, 0.2) is 18.2 Å². The molecule has 0 aliphatic carbocycles. The largest absolute Gasteiger partial charge is 0.495 e. The summed E-state index contributed by atoms with van der Waals surface area (Å²) in [5.74, 6) is -0.0361. The number of carbonyl (C=O) groups excluding carboxylic acids is 2. The average molecular weight is 286 g/mol. The Morgan fingerprint density at radius 3 is 2.48 bits per heavy atom. The zero-order chi connectivity index (χ0) is 15.6. The van der Waals surface area contributed by atoms with Crippen molar-refractivity contribution < 1.29 is 14.3 Å². The molecule has 1 saturated heterocycles. The first kappa shape index (κ1) is 15.0. The zero-order valence-electron chi connectivity index (χ0n) is 12.5. The summed E-state index contributed by atoms with van der Waals surface area (Å²) in [6.07, 6.45) is 1.48. The van der Waals surface area contributed by atoms with E-state index in [0.717, 1.165) is 0 Å². The number of nitrogens with zero attached hydrogens (tertiary/aromatic N) is 2. The van der Waals surface area contributed by atoms with E-state index in [0.29, 0.717) is 29.8 Å². The van der Waals surface area contributed by atoms with Crippen molar-refractivity contribution in [2.45, 2.75) is 33.1 Å². The highest BCUT2D eigenvalue weighted by Gasteiger charge is 2.50. The summed E-state index contributed by atoms with van der Waals surface area (Å²) in [5.41, 5.74) is 0.220. The second kappa shape index (κ2) is 5.57. The van der Waals surface area contributed by atoms with Gasteiger partial charge >= 0.3 is 0 Å². The van der Waals surface area contributed by atoms with Gasteiger partial charge in [0.1, 0.15) is 5.75 Å². The third-order valence-corrected chi connectivity index (χ3v) is 4.30. The number of amides is 2. The summed E-state index contributed by atoms with van der Waals surface area (Å²) in [6.45, 7) is 3.85. The van der Waals surface area contributed by atoms with E-state index in [1.807, 2.05) is 19.9 Å². The molecule has 2 rings (SSSR count). The standard InChI is InChI=1S/C16H18N2O3/c1-4-16(5-2)9-14(19)18(15(16)20)12-7-6-11(10-17)8-13(12)21-3/h6-8H,4-5,9H2,1-3H3. The van der Waals surface area contributed by atoms with Crippen molar-refractivity contribution in [2.75, 3.05) is 12.0 Å². The molecular formula is C16H18N2O3. The fourth-order valence-corrected chi connectivity index (χ4v) is 2.77. The molecule has 0 spiro atoms. The van der Waals surface area contributed by atoms with Crippen LogP contribution >= 0.6 is 0 Å². The van der Waals surface area contributed by atoms with E-state index in [9.17, 15) is 9.59 Å². The molecule has 0 bridgehead atoms. The molecule has 0 aromatic heterocycles. The van der Waals surface area contributed by atoms with E-state index in [1.165, 1.54) is 18.1 Å². The van der Waals surface area contributed by atoms with Crippen LogP contribution in [-0.4, -0.2) is 18.9 Å². The van der Waals surface area contributed by atoms with Gasteiger partial charge in [-0.1, -0.05) is 13.8 Å². The minimum atomic E-state index is -0.615. The molecule has 110 valence electrons. The van der Waals surface area contributed by atoms with E-state index < -0.39 is 5.41 Å². The number of rotatable bonds is 4. The summed E-state index contributed by atoms with van der Waals surface area (Å²) in [7, 11) is 1.46. The van der Waals surface area contributed by atoms with Gasteiger partial charge in [-0.2, -0.15) is 5.26 Å². The monoisotopic (exact) mass is 286 g/mol. The first-order valence-corrected chi connectivity index (χ1v) is 6.98. The van der Waals surface area contributed by atoms with Crippen molar-refractivity contribution in [3.63, 3.8) is 0 Å². The number of hydrogen-bond donors (Lipinski definition) is 0. The summed E-state index contributed by atoms with van der Waals surface area (Å²) >= 11 is 0. The summed E-state index contributed by atoms with van der Waals surface area (Å²) in [4.78, 5) is 26.2. The Hall–Kier alpha value is -2.35. The molecule has 1 fully saturated rings. The quantitative estimate of drug-likeness (QED) is 0.798. The van der Waals surface area contributed by atoms with Gasteiger partial charge in [0.05, 0.1) is 29.8 Å². The van der Waals surface area contributed by atoms with Crippen LogP contribution in [0.2, 0.25) is 0 Å². The molecule has 1 aromatic rings. The van der Waals surface area contributed by atoms with Crippen LogP contribution in [0.25, 0.3) is 0 Å². The topological polar surface area (TPSA) is 70.4 Å². The molecule has 0 radical (unpaired) electrons. The van der Waals surface area contributed by atoms with Gasteiger partial charge in [0.2, 0.25) is 11.8 Å². The molecule has 1 aliphatic rings. The number of hydrogen-bond acceptors (Lipinski definition) is 4. The van der Waals surface area contributed by atoms with Crippen LogP contribution in [0.1, 0.15) is 38.7 Å². The molecule has 1 heterocycles. The predicted molar refractivity (Wildman–Crippen MR) is 77.8 cm³/mol. The van der Waals surface area contributed by atoms with Crippen LogP contribution in [0, 0.1) is 16.7 Å². The molecule has 0 unspecified atom stereocenters. The summed E-state index contributed by atoms with van der Waals surface area (Å²) in [5, 5.41) is 8.92. The summed E-state index contributed by atoms with van der Waals surface area (Å²) < 4.78 is 5.24. The highest BCUT2D eigenvalue weighted by molar-refractivity contribution is 6.23. The lowest BCUT2D eigenvalue weighted by molar-refractivity contribution is -0.126. The van der Waals surface area contributed by atoms with Crippen LogP contribution in [0.5, 0.6) is 5.75 Å². The third kappa shape index (κ3) is 2.27. The highest BCUT2D eigenvalue weighted by atomic mass is 16.5. The van der Waals surface area contributed by atoms with E-state index in [-0.39, 0.29) is 18.2 Å². The molecule has 0 atom stereocenters. The number of nitriles is 1. The molecule has 5 heteroatoms. The Bertz CT molecular complexity index is 627. The molecule has 21 heavy (non-hydrogen) atoms. The molecular weight excluding hydrogens is 268 g/mol. The number of imide groups is 1. The maximum Gasteiger partial charge on any atom is 0.240 e. The van der Waals surface area contributed by atoms with Crippen molar-refractivity contribution in [1.82, 2.24) is 0 Å². The Labute approximate surface area is 124 Å². The zero-order valence-corrected chi connectivity index (χ0v) is 12.5. The van der Waals surface area contributed by atoms with Gasteiger partial charge in [-0.3, -0.25) is 9.59 Å². The lowest BCUT2D eigenvalue weighted by Crippen LogP contribution is -2.35. The Morgan fingerprint density at radius 2 is 2.00 bits per heavy atom. The maximum atomic E-state index is 12.7. The van der Waals surface area contributed by atoms with Crippen molar-refractivity contribution in [3.05, 3.63) is 23.8 Å². The number of benzene rings is 1. The molecule has 0 N–H and O–H groups in total. The van der Waals surface area contributed by atoms with Crippen LogP contribution in [0.4, 0.5) is 5.69 Å². The van der Waals surface area contributed by atoms with Crippen molar-refractivity contribution in [1.29, 1.82) is 5.26 Å². The van der Waals surface area contributed by atoms with E-state index in [4.69, 9.17) is 10.00 Å². The number of carbonyl (C=O) groups is 2. The fraction of sp³-hybridized carbons (Fsp3) is 0.438. The van der Waals surface area contributed by atoms with Crippen molar-refractivity contribution in [2.24, 2.45) is 5.41 Å². The first-order chi connectivity index (χ1) is 10.0. The van der Waals surface area contributed by atoms with Gasteiger partial charge < -0.3 is 4.74 Å². The second-order valence-electron chi connectivity index (χ2n) is 5.20. The lowest BCUT2D eigenvalue weighted by atomic mass is 9.81. The van der Waals surface area contributed by atoms with E-state index >= 15 is 0 Å². The Kier molecular flexibility index (Phi) is 3.99. The van der Waals surface area contributed by atoms with Gasteiger partial charge in [-0.15, -0.1) is 0 Å². The fourth-order valence-electron chi connectivity index (χ4n) is 2.77. The Morgan fingerprint density at radius 1 is 1.33 bits per heavy atom. The Balaban J connectivity index is 2.50. The SMILES string of the molecule is CCC1(CC)CC(=O)N(c2ccc(C#N)cc2OC)C1=O. The molecule has 0 saturated carbocycles. The highest BCUT2D eigenvalue weighted by Crippen LogP contribution is 2.43. The summed E-state index contributed by atoms with van der Waals surface area (Å²) in [6, 6.07) is 6.72. The number of ether oxygens (including phenoxy) is 1. The van der Waals surface area contributed by atoms with Crippen LogP contribution < -0.4 is 9.64 Å². The predicted octanol–water partition coefficient (Wildman–Crippen LogP) is 2.64. The average Bonchev–Trinajstić information content (AvgIpc) is 2.77. The molecule has 2 amide bonds. The maximum absolute atomic E-state index is 12.7. The first-order valence-electron chi connectivity index (χ1n) is 6.98. The third-order valence-electron chi connectivity index (χ3n) is 4.30. The number of methoxy groups -OCH3 is 1. The van der Waals surface area contributed by atoms with Gasteiger partial charge in [0.15, 0.2) is 0 Å². The molecule has 1 aliphatic heterocycles. The minimum absolute atomic E-state index is 0.180. The van der Waals surface area contributed by atoms with E-state index in [2.05, 4.69) is 0 Å². The van der Waals surface area contributed by atoms with Gasteiger partial charge in [-0.25, -0.2) is 4.90 Å². The van der Waals surface area contributed by atoms with Crippen LogP contribution in [-0.2, 0) is 9.59 Å². The minimum Gasteiger partial charge on any atom is -0.495 e. The van der Waals surface area contributed by atoms with Gasteiger partial charge in [-0.05, 0) is 25.0 Å². The van der Waals surface area contributed by atoms with Crippen molar-refractivity contribution in [3.8, 4) is 11.8 Å². The number of anilines is 1. The van der Waals surface area contributed by atoms with Gasteiger partial charge in [0.25, 0.3) is 0 Å². The van der Waals surface area contributed by atoms with Gasteiger partial charge in [0, 0.05) is 12.5 Å². The molecule has 5 nitrogen and oxygen atoms in total.